The molecule has 98 valence electrons. The van der Waals surface area contributed by atoms with Gasteiger partial charge < -0.3 is 4.57 Å². The zero-order valence-electron chi connectivity index (χ0n) is 11.2. The summed E-state index contributed by atoms with van der Waals surface area (Å²) in [5.41, 5.74) is 0. The van der Waals surface area contributed by atoms with Gasteiger partial charge in [0.15, 0.2) is 0 Å². The summed E-state index contributed by atoms with van der Waals surface area (Å²) >= 11 is 0. The van der Waals surface area contributed by atoms with Crippen LogP contribution in [0.15, 0.2) is 12.4 Å². The molecule has 0 bridgehead atoms. The maximum atomic E-state index is 4.41. The molecule has 2 heterocycles. The van der Waals surface area contributed by atoms with Gasteiger partial charge in [-0.1, -0.05) is 6.92 Å². The molecule has 0 unspecified atom stereocenters. The Morgan fingerprint density at radius 3 is 2.83 bits per heavy atom. The first-order valence-corrected chi connectivity index (χ1v) is 6.31. The maximum Gasteiger partial charge on any atom is 0.150 e. The normalized spacial score (nSPS) is 11.3. The second kappa shape index (κ2) is 5.77. The van der Waals surface area contributed by atoms with Gasteiger partial charge in [-0.05, 0) is 14.0 Å². The molecule has 2 aromatic rings. The Bertz CT molecular complexity index is 486. The minimum absolute atomic E-state index is 0.754. The lowest BCUT2D eigenvalue weighted by Crippen LogP contribution is -2.20. The fourth-order valence-electron chi connectivity index (χ4n) is 1.90. The van der Waals surface area contributed by atoms with E-state index in [4.69, 9.17) is 0 Å². The Hall–Kier alpha value is -1.69. The number of hydrogen-bond donors (Lipinski definition) is 1. The van der Waals surface area contributed by atoms with Crippen LogP contribution < -0.4 is 0 Å². The lowest BCUT2D eigenvalue weighted by molar-refractivity contribution is 0.298. The average Bonchev–Trinajstić information content (AvgIpc) is 2.97. The number of hydrogen-bond acceptors (Lipinski definition) is 4. The molecule has 0 aliphatic carbocycles. The molecule has 2 aromatic heterocycles. The van der Waals surface area contributed by atoms with E-state index in [0.717, 1.165) is 43.5 Å². The van der Waals surface area contributed by atoms with Gasteiger partial charge in [-0.3, -0.25) is 10.00 Å². The van der Waals surface area contributed by atoms with Crippen molar-refractivity contribution in [3.8, 4) is 0 Å². The van der Waals surface area contributed by atoms with Crippen molar-refractivity contribution in [3.63, 3.8) is 0 Å². The molecule has 0 spiro atoms. The summed E-state index contributed by atoms with van der Waals surface area (Å²) in [5.74, 6) is 2.85. The molecule has 0 saturated heterocycles. The summed E-state index contributed by atoms with van der Waals surface area (Å²) in [6, 6.07) is 0. The van der Waals surface area contributed by atoms with Crippen LogP contribution >= 0.6 is 0 Å². The number of aromatic nitrogens is 5. The molecule has 0 amide bonds. The van der Waals surface area contributed by atoms with Crippen molar-refractivity contribution in [1.29, 1.82) is 0 Å². The Labute approximate surface area is 107 Å². The number of aryl methyl sites for hydroxylation is 2. The highest BCUT2D eigenvalue weighted by Gasteiger charge is 2.08. The van der Waals surface area contributed by atoms with E-state index < -0.39 is 0 Å². The highest BCUT2D eigenvalue weighted by molar-refractivity contribution is 4.94. The minimum atomic E-state index is 0.754. The van der Waals surface area contributed by atoms with Crippen LogP contribution in [0, 0.1) is 0 Å². The zero-order chi connectivity index (χ0) is 13.0. The monoisotopic (exact) mass is 248 g/mol. The van der Waals surface area contributed by atoms with Gasteiger partial charge in [0.1, 0.15) is 17.5 Å². The van der Waals surface area contributed by atoms with Gasteiger partial charge in [0, 0.05) is 25.4 Å². The van der Waals surface area contributed by atoms with E-state index in [2.05, 4.69) is 50.5 Å². The fourth-order valence-corrected chi connectivity index (χ4v) is 1.90. The summed E-state index contributed by atoms with van der Waals surface area (Å²) in [4.78, 5) is 10.9. The molecule has 0 radical (unpaired) electrons. The molecule has 0 aromatic carbocycles. The first-order chi connectivity index (χ1) is 8.72. The van der Waals surface area contributed by atoms with Crippen molar-refractivity contribution in [2.45, 2.75) is 39.9 Å². The highest BCUT2D eigenvalue weighted by Crippen LogP contribution is 2.04. The first-order valence-electron chi connectivity index (χ1n) is 6.31. The average molecular weight is 248 g/mol. The van der Waals surface area contributed by atoms with Crippen LogP contribution in [-0.2, 0) is 26.1 Å². The van der Waals surface area contributed by atoms with Crippen LogP contribution in [0.4, 0.5) is 0 Å². The van der Waals surface area contributed by atoms with E-state index in [1.165, 1.54) is 0 Å². The van der Waals surface area contributed by atoms with Gasteiger partial charge in [-0.15, -0.1) is 0 Å². The molecule has 0 fully saturated rings. The molecule has 6 heteroatoms. The van der Waals surface area contributed by atoms with Gasteiger partial charge in [0.2, 0.25) is 0 Å². The molecule has 2 rings (SSSR count). The molecule has 0 atom stereocenters. The molecule has 0 aliphatic heterocycles. The third-order valence-corrected chi connectivity index (χ3v) is 2.87. The van der Waals surface area contributed by atoms with Gasteiger partial charge in [0.25, 0.3) is 0 Å². The Kier molecular flexibility index (Phi) is 4.09. The third-order valence-electron chi connectivity index (χ3n) is 2.87. The first kappa shape index (κ1) is 12.8. The number of nitrogens with one attached hydrogen (secondary N) is 1. The number of rotatable bonds is 6. The van der Waals surface area contributed by atoms with Crippen molar-refractivity contribution < 1.29 is 0 Å². The van der Waals surface area contributed by atoms with Crippen LogP contribution in [0.2, 0.25) is 0 Å². The van der Waals surface area contributed by atoms with Crippen molar-refractivity contribution in [2.75, 3.05) is 7.05 Å². The standard InChI is InChI=1S/C12H20N6/c1-4-10-14-11(16-15-10)8-17(3)9-12-13-6-7-18(12)5-2/h6-7H,4-5,8-9H2,1-3H3,(H,14,15,16). The summed E-state index contributed by atoms with van der Waals surface area (Å²) in [6.45, 7) is 6.68. The maximum absolute atomic E-state index is 4.41. The van der Waals surface area contributed by atoms with E-state index >= 15 is 0 Å². The Balaban J connectivity index is 1.94. The highest BCUT2D eigenvalue weighted by atomic mass is 15.2. The smallest absolute Gasteiger partial charge is 0.150 e. The largest absolute Gasteiger partial charge is 0.334 e. The van der Waals surface area contributed by atoms with E-state index in [0.29, 0.717) is 0 Å². The molecule has 0 saturated carbocycles. The van der Waals surface area contributed by atoms with Crippen molar-refractivity contribution >= 4 is 0 Å². The van der Waals surface area contributed by atoms with Crippen LogP contribution in [0.5, 0.6) is 0 Å². The summed E-state index contributed by atoms with van der Waals surface area (Å²) < 4.78 is 2.15. The lowest BCUT2D eigenvalue weighted by Gasteiger charge is -2.15. The zero-order valence-corrected chi connectivity index (χ0v) is 11.2. The number of aromatic amines is 1. The van der Waals surface area contributed by atoms with Gasteiger partial charge in [0.05, 0.1) is 13.1 Å². The van der Waals surface area contributed by atoms with Crippen molar-refractivity contribution in [2.24, 2.45) is 0 Å². The van der Waals surface area contributed by atoms with Gasteiger partial charge >= 0.3 is 0 Å². The van der Waals surface area contributed by atoms with Crippen molar-refractivity contribution in [3.05, 3.63) is 29.9 Å². The number of H-pyrrole nitrogens is 1. The lowest BCUT2D eigenvalue weighted by atomic mass is 10.4. The fraction of sp³-hybridized carbons (Fsp3) is 0.583. The van der Waals surface area contributed by atoms with E-state index in [1.807, 2.05) is 12.4 Å². The predicted molar refractivity (Wildman–Crippen MR) is 68.8 cm³/mol. The third kappa shape index (κ3) is 2.95. The summed E-state index contributed by atoms with van der Waals surface area (Å²) in [6.07, 6.45) is 4.71. The predicted octanol–water partition coefficient (Wildman–Crippen LogP) is 1.22. The van der Waals surface area contributed by atoms with Gasteiger partial charge in [-0.25, -0.2) is 9.97 Å². The molecular formula is C12H20N6. The topological polar surface area (TPSA) is 62.6 Å². The van der Waals surface area contributed by atoms with Crippen LogP contribution in [0.3, 0.4) is 0 Å². The molecular weight excluding hydrogens is 228 g/mol. The Morgan fingerprint density at radius 1 is 1.33 bits per heavy atom. The van der Waals surface area contributed by atoms with Crippen LogP contribution in [0.1, 0.15) is 31.3 Å². The number of imidazole rings is 1. The molecule has 0 aliphatic rings. The van der Waals surface area contributed by atoms with E-state index in [9.17, 15) is 0 Å². The summed E-state index contributed by atoms with van der Waals surface area (Å²) in [7, 11) is 2.06. The van der Waals surface area contributed by atoms with Gasteiger partial charge in [-0.2, -0.15) is 5.10 Å². The molecule has 1 N–H and O–H groups in total. The second-order valence-electron chi connectivity index (χ2n) is 4.35. The van der Waals surface area contributed by atoms with Crippen LogP contribution in [-0.4, -0.2) is 36.7 Å². The SMILES string of the molecule is CCc1n[nH]c(CN(C)Cc2nccn2CC)n1. The second-order valence-corrected chi connectivity index (χ2v) is 4.35. The molecule has 18 heavy (non-hydrogen) atoms. The van der Waals surface area contributed by atoms with Crippen molar-refractivity contribution in [1.82, 2.24) is 29.6 Å². The number of nitrogens with zero attached hydrogens (tertiary/aromatic N) is 5. The molecule has 6 nitrogen and oxygen atoms in total. The van der Waals surface area contributed by atoms with Crippen LogP contribution in [0.25, 0.3) is 0 Å². The Morgan fingerprint density at radius 2 is 2.17 bits per heavy atom. The minimum Gasteiger partial charge on any atom is -0.334 e. The summed E-state index contributed by atoms with van der Waals surface area (Å²) in [5, 5.41) is 7.10. The van der Waals surface area contributed by atoms with E-state index in [-0.39, 0.29) is 0 Å². The van der Waals surface area contributed by atoms with E-state index in [1.54, 1.807) is 0 Å². The quantitative estimate of drug-likeness (QED) is 0.834.